The molecule has 2 heterocycles. The van der Waals surface area contributed by atoms with E-state index in [1.807, 2.05) is 12.3 Å². The number of aryl methyl sites for hydroxylation is 1. The number of aromatic nitrogens is 1. The van der Waals surface area contributed by atoms with E-state index in [4.69, 9.17) is 0 Å². The molecule has 1 fully saturated rings. The van der Waals surface area contributed by atoms with Crippen LogP contribution in [0.4, 0.5) is 5.13 Å². The van der Waals surface area contributed by atoms with E-state index in [1.165, 1.54) is 0 Å². The van der Waals surface area contributed by atoms with Gasteiger partial charge in [-0.15, -0.1) is 11.3 Å². The summed E-state index contributed by atoms with van der Waals surface area (Å²) < 4.78 is 0. The van der Waals surface area contributed by atoms with Crippen molar-refractivity contribution in [1.82, 2.24) is 4.98 Å². The molecule has 0 bridgehead atoms. The lowest BCUT2D eigenvalue weighted by molar-refractivity contribution is 0.00337. The van der Waals surface area contributed by atoms with E-state index in [1.54, 1.807) is 11.3 Å². The van der Waals surface area contributed by atoms with Crippen LogP contribution in [0.3, 0.4) is 0 Å². The molecule has 0 aliphatic carbocycles. The van der Waals surface area contributed by atoms with Gasteiger partial charge in [0.15, 0.2) is 5.13 Å². The number of hydrogen-bond donors (Lipinski definition) is 1. The molecule has 0 amide bonds. The smallest absolute Gasteiger partial charge is 0.185 e. The Balaban J connectivity index is 1.94. The van der Waals surface area contributed by atoms with Crippen molar-refractivity contribution >= 4 is 16.5 Å². The number of rotatable bonds is 3. The Hall–Kier alpha value is -0.610. The molecule has 0 atom stereocenters. The summed E-state index contributed by atoms with van der Waals surface area (Å²) >= 11 is 1.66. The summed E-state index contributed by atoms with van der Waals surface area (Å²) in [4.78, 5) is 6.54. The van der Waals surface area contributed by atoms with E-state index < -0.39 is 5.60 Å². The minimum Gasteiger partial charge on any atom is -0.386 e. The van der Waals surface area contributed by atoms with Crippen molar-refractivity contribution in [2.45, 2.75) is 32.3 Å². The number of thiazole rings is 1. The van der Waals surface area contributed by atoms with E-state index in [2.05, 4.69) is 16.8 Å². The zero-order valence-corrected chi connectivity index (χ0v) is 9.47. The third-order valence-corrected chi connectivity index (χ3v) is 3.58. The fourth-order valence-corrected chi connectivity index (χ4v) is 2.71. The quantitative estimate of drug-likeness (QED) is 0.830. The lowest BCUT2D eigenvalue weighted by Crippen LogP contribution is -2.61. The minimum absolute atomic E-state index is 0.450. The maximum absolute atomic E-state index is 9.98. The summed E-state index contributed by atoms with van der Waals surface area (Å²) in [7, 11) is 0. The standard InChI is InChI=1S/C10H16N2OS/c1-3-4-10(13)6-12(7-10)9-11-8(2)5-14-9/h5,13H,3-4,6-7H2,1-2H3. The van der Waals surface area contributed by atoms with Crippen molar-refractivity contribution < 1.29 is 5.11 Å². The van der Waals surface area contributed by atoms with Crippen molar-refractivity contribution in [3.05, 3.63) is 11.1 Å². The predicted octanol–water partition coefficient (Wildman–Crippen LogP) is 1.80. The largest absolute Gasteiger partial charge is 0.386 e. The molecular formula is C10H16N2OS. The zero-order valence-electron chi connectivity index (χ0n) is 8.66. The van der Waals surface area contributed by atoms with Gasteiger partial charge in [0.05, 0.1) is 24.4 Å². The maximum Gasteiger partial charge on any atom is 0.185 e. The summed E-state index contributed by atoms with van der Waals surface area (Å²) in [6.45, 7) is 5.59. The van der Waals surface area contributed by atoms with Crippen molar-refractivity contribution in [2.24, 2.45) is 0 Å². The lowest BCUT2D eigenvalue weighted by atomic mass is 9.90. The van der Waals surface area contributed by atoms with Gasteiger partial charge >= 0.3 is 0 Å². The summed E-state index contributed by atoms with van der Waals surface area (Å²) in [5.74, 6) is 0. The molecule has 0 unspecified atom stereocenters. The van der Waals surface area contributed by atoms with Gasteiger partial charge < -0.3 is 10.0 Å². The summed E-state index contributed by atoms with van der Waals surface area (Å²) in [5.41, 5.74) is 0.616. The van der Waals surface area contributed by atoms with Crippen LogP contribution in [0.1, 0.15) is 25.5 Å². The van der Waals surface area contributed by atoms with E-state index in [-0.39, 0.29) is 0 Å². The molecule has 1 aliphatic rings. The molecule has 2 rings (SSSR count). The highest BCUT2D eigenvalue weighted by atomic mass is 32.1. The number of nitrogens with zero attached hydrogens (tertiary/aromatic N) is 2. The van der Waals surface area contributed by atoms with Gasteiger partial charge in [-0.25, -0.2) is 4.98 Å². The SMILES string of the molecule is CCCC1(O)CN(c2nc(C)cs2)C1. The molecule has 1 aromatic heterocycles. The first-order valence-corrected chi connectivity index (χ1v) is 5.90. The maximum atomic E-state index is 9.98. The highest BCUT2D eigenvalue weighted by Gasteiger charge is 2.41. The van der Waals surface area contributed by atoms with Gasteiger partial charge in [-0.2, -0.15) is 0 Å². The average molecular weight is 212 g/mol. The Kier molecular flexibility index (Phi) is 2.49. The third-order valence-electron chi connectivity index (χ3n) is 2.56. The number of β-amino-alcohol motifs (C(OH)–C–C–N with tert-alkyl or cyclic N) is 1. The molecule has 0 saturated carbocycles. The molecule has 1 aliphatic heterocycles. The topological polar surface area (TPSA) is 36.4 Å². The van der Waals surface area contributed by atoms with Crippen LogP contribution >= 0.6 is 11.3 Å². The molecule has 0 aromatic carbocycles. The van der Waals surface area contributed by atoms with Gasteiger partial charge in [-0.1, -0.05) is 13.3 Å². The van der Waals surface area contributed by atoms with Crippen molar-refractivity contribution in [2.75, 3.05) is 18.0 Å². The Morgan fingerprint density at radius 1 is 1.64 bits per heavy atom. The van der Waals surface area contributed by atoms with Crippen LogP contribution in [0.25, 0.3) is 0 Å². The van der Waals surface area contributed by atoms with E-state index >= 15 is 0 Å². The second-order valence-corrected chi connectivity index (χ2v) is 4.94. The molecule has 4 heteroatoms. The molecule has 14 heavy (non-hydrogen) atoms. The normalized spacial score (nSPS) is 19.5. The molecule has 0 spiro atoms. The average Bonchev–Trinajstić information content (AvgIpc) is 2.47. The van der Waals surface area contributed by atoms with Crippen LogP contribution in [0.5, 0.6) is 0 Å². The molecule has 1 aromatic rings. The Labute approximate surface area is 88.4 Å². The zero-order chi connectivity index (χ0) is 10.2. The van der Waals surface area contributed by atoms with E-state index in [9.17, 15) is 5.11 Å². The number of anilines is 1. The van der Waals surface area contributed by atoms with Gasteiger partial charge in [-0.05, 0) is 13.3 Å². The van der Waals surface area contributed by atoms with Crippen LogP contribution in [-0.4, -0.2) is 28.8 Å². The van der Waals surface area contributed by atoms with Crippen LogP contribution in [-0.2, 0) is 0 Å². The van der Waals surface area contributed by atoms with E-state index in [0.717, 1.165) is 36.8 Å². The van der Waals surface area contributed by atoms with Gasteiger partial charge in [0, 0.05) is 5.38 Å². The predicted molar refractivity (Wildman–Crippen MR) is 58.9 cm³/mol. The lowest BCUT2D eigenvalue weighted by Gasteiger charge is -2.46. The van der Waals surface area contributed by atoms with E-state index in [0.29, 0.717) is 0 Å². The number of hydrogen-bond acceptors (Lipinski definition) is 4. The van der Waals surface area contributed by atoms with Gasteiger partial charge in [-0.3, -0.25) is 0 Å². The van der Waals surface area contributed by atoms with Crippen LogP contribution in [0, 0.1) is 6.92 Å². The van der Waals surface area contributed by atoms with Crippen LogP contribution in [0.2, 0.25) is 0 Å². The molecule has 1 N–H and O–H groups in total. The first kappa shape index (κ1) is 9.93. The first-order valence-electron chi connectivity index (χ1n) is 5.02. The third kappa shape index (κ3) is 1.77. The highest BCUT2D eigenvalue weighted by molar-refractivity contribution is 7.13. The molecule has 3 nitrogen and oxygen atoms in total. The number of aliphatic hydroxyl groups is 1. The van der Waals surface area contributed by atoms with Crippen LogP contribution in [0.15, 0.2) is 5.38 Å². The van der Waals surface area contributed by atoms with Gasteiger partial charge in [0.2, 0.25) is 0 Å². The second kappa shape index (κ2) is 3.51. The van der Waals surface area contributed by atoms with Gasteiger partial charge in [0.1, 0.15) is 0 Å². The summed E-state index contributed by atoms with van der Waals surface area (Å²) in [5, 5.41) is 13.1. The Morgan fingerprint density at radius 3 is 2.86 bits per heavy atom. The second-order valence-electron chi connectivity index (χ2n) is 4.10. The van der Waals surface area contributed by atoms with Crippen molar-refractivity contribution in [1.29, 1.82) is 0 Å². The molecule has 0 radical (unpaired) electrons. The van der Waals surface area contributed by atoms with Gasteiger partial charge in [0.25, 0.3) is 0 Å². The molecule has 1 saturated heterocycles. The monoisotopic (exact) mass is 212 g/mol. The van der Waals surface area contributed by atoms with Crippen molar-refractivity contribution in [3.8, 4) is 0 Å². The highest BCUT2D eigenvalue weighted by Crippen LogP contribution is 2.32. The Bertz CT molecular complexity index is 318. The molecule has 78 valence electrons. The summed E-state index contributed by atoms with van der Waals surface area (Å²) in [6, 6.07) is 0. The fourth-order valence-electron chi connectivity index (χ4n) is 1.91. The fraction of sp³-hybridized carbons (Fsp3) is 0.700. The first-order chi connectivity index (χ1) is 6.63. The Morgan fingerprint density at radius 2 is 2.36 bits per heavy atom. The molecular weight excluding hydrogens is 196 g/mol. The van der Waals surface area contributed by atoms with Crippen molar-refractivity contribution in [3.63, 3.8) is 0 Å². The summed E-state index contributed by atoms with van der Waals surface area (Å²) in [6.07, 6.45) is 1.94. The van der Waals surface area contributed by atoms with Crippen LogP contribution < -0.4 is 4.90 Å². The minimum atomic E-state index is -0.450.